The van der Waals surface area contributed by atoms with E-state index in [-0.39, 0.29) is 5.41 Å². The van der Waals surface area contributed by atoms with Gasteiger partial charge in [0.15, 0.2) is 0 Å². The summed E-state index contributed by atoms with van der Waals surface area (Å²) < 4.78 is 0. The predicted molar refractivity (Wildman–Crippen MR) is 57.2 cm³/mol. The molecule has 0 amide bonds. The fourth-order valence-corrected chi connectivity index (χ4v) is 0.607. The third-order valence-electron chi connectivity index (χ3n) is 1.69. The first-order chi connectivity index (χ1) is 5.34. The van der Waals surface area contributed by atoms with Crippen LogP contribution in [-0.4, -0.2) is 0 Å². The zero-order chi connectivity index (χ0) is 9.78. The highest BCUT2D eigenvalue weighted by Crippen LogP contribution is 2.24. The maximum Gasteiger partial charge on any atom is -0.0138 e. The fourth-order valence-electron chi connectivity index (χ4n) is 0.607. The third kappa shape index (κ3) is 4.95. The molecule has 0 aliphatic heterocycles. The van der Waals surface area contributed by atoms with E-state index in [0.717, 1.165) is 0 Å². The molecule has 0 aliphatic rings. The molecule has 0 aliphatic carbocycles. The second-order valence-electron chi connectivity index (χ2n) is 4.38. The van der Waals surface area contributed by atoms with Crippen molar-refractivity contribution in [3.63, 3.8) is 0 Å². The first kappa shape index (κ1) is 11.2. The van der Waals surface area contributed by atoms with Crippen molar-refractivity contribution in [1.82, 2.24) is 0 Å². The number of hydrogen-bond acceptors (Lipinski definition) is 0. The average Bonchev–Trinajstić information content (AvgIpc) is 1.84. The third-order valence-corrected chi connectivity index (χ3v) is 1.69. The normalized spacial score (nSPS) is 11.8. The van der Waals surface area contributed by atoms with Gasteiger partial charge in [0, 0.05) is 0 Å². The minimum absolute atomic E-state index is 0.186. The lowest BCUT2D eigenvalue weighted by Gasteiger charge is -2.18. The molecule has 0 aromatic heterocycles. The Kier molecular flexibility index (Phi) is 4.02. The van der Waals surface area contributed by atoms with Crippen LogP contribution in [0.15, 0.2) is 36.0 Å². The zero-order valence-electron chi connectivity index (χ0n) is 8.94. The van der Waals surface area contributed by atoms with Crippen LogP contribution in [0.2, 0.25) is 0 Å². The van der Waals surface area contributed by atoms with Gasteiger partial charge in [-0.05, 0) is 24.8 Å². The summed E-state index contributed by atoms with van der Waals surface area (Å²) in [5, 5.41) is 0. The summed E-state index contributed by atoms with van der Waals surface area (Å²) in [7, 11) is 0. The van der Waals surface area contributed by atoms with Crippen LogP contribution in [0, 0.1) is 5.41 Å². The van der Waals surface area contributed by atoms with Crippen molar-refractivity contribution in [2.75, 3.05) is 0 Å². The lowest BCUT2D eigenvalue weighted by atomic mass is 9.87. The lowest BCUT2D eigenvalue weighted by molar-refractivity contribution is 0.519. The highest BCUT2D eigenvalue weighted by molar-refractivity contribution is 5.24. The van der Waals surface area contributed by atoms with Crippen LogP contribution in [0.4, 0.5) is 0 Å². The average molecular weight is 164 g/mol. The van der Waals surface area contributed by atoms with E-state index in [9.17, 15) is 0 Å². The lowest BCUT2D eigenvalue weighted by Crippen LogP contribution is -2.05. The van der Waals surface area contributed by atoms with Crippen molar-refractivity contribution >= 4 is 0 Å². The SMILES string of the molecule is C=C(/C=C\C=C(C)C)C(C)(C)C. The van der Waals surface area contributed by atoms with Crippen molar-refractivity contribution in [3.8, 4) is 0 Å². The molecule has 0 spiro atoms. The molecular weight excluding hydrogens is 144 g/mol. The first-order valence-electron chi connectivity index (χ1n) is 4.35. The molecule has 0 nitrogen and oxygen atoms in total. The summed E-state index contributed by atoms with van der Waals surface area (Å²) in [6.45, 7) is 14.7. The standard InChI is InChI=1S/C12H20/c1-10(2)8-7-9-11(3)12(4,5)6/h7-9H,3H2,1-2,4-6H3/b9-7-. The van der Waals surface area contributed by atoms with E-state index in [1.807, 2.05) is 0 Å². The molecule has 0 fully saturated rings. The largest absolute Gasteiger partial charge is 0.0953 e. The van der Waals surface area contributed by atoms with Crippen LogP contribution >= 0.6 is 0 Å². The van der Waals surface area contributed by atoms with E-state index in [1.54, 1.807) is 0 Å². The van der Waals surface area contributed by atoms with Crippen LogP contribution in [0.3, 0.4) is 0 Å². The van der Waals surface area contributed by atoms with Gasteiger partial charge in [0.1, 0.15) is 0 Å². The van der Waals surface area contributed by atoms with Crippen molar-refractivity contribution in [3.05, 3.63) is 36.0 Å². The van der Waals surface area contributed by atoms with Gasteiger partial charge in [0.25, 0.3) is 0 Å². The van der Waals surface area contributed by atoms with Gasteiger partial charge in [-0.3, -0.25) is 0 Å². The van der Waals surface area contributed by atoms with Crippen LogP contribution in [0.25, 0.3) is 0 Å². The number of allylic oxidation sites excluding steroid dienone is 5. The molecule has 0 heteroatoms. The Morgan fingerprint density at radius 3 is 2.00 bits per heavy atom. The molecule has 0 radical (unpaired) electrons. The molecule has 0 bridgehead atoms. The van der Waals surface area contributed by atoms with E-state index in [4.69, 9.17) is 0 Å². The Balaban J connectivity index is 4.20. The summed E-state index contributed by atoms with van der Waals surface area (Å²) >= 11 is 0. The monoisotopic (exact) mass is 164 g/mol. The van der Waals surface area contributed by atoms with Crippen LogP contribution in [0.1, 0.15) is 34.6 Å². The molecule has 0 saturated heterocycles. The Labute approximate surface area is 76.7 Å². The smallest absolute Gasteiger partial charge is 0.0138 e. The topological polar surface area (TPSA) is 0 Å². The van der Waals surface area contributed by atoms with Crippen LogP contribution in [0.5, 0.6) is 0 Å². The van der Waals surface area contributed by atoms with Crippen molar-refractivity contribution < 1.29 is 0 Å². The maximum absolute atomic E-state index is 4.01. The Morgan fingerprint density at radius 1 is 1.17 bits per heavy atom. The summed E-state index contributed by atoms with van der Waals surface area (Å²) in [5.74, 6) is 0. The molecule has 12 heavy (non-hydrogen) atoms. The van der Waals surface area contributed by atoms with Crippen LogP contribution in [-0.2, 0) is 0 Å². The number of rotatable bonds is 2. The summed E-state index contributed by atoms with van der Waals surface area (Å²) in [6.07, 6.45) is 6.23. The van der Waals surface area contributed by atoms with Crippen molar-refractivity contribution in [2.24, 2.45) is 5.41 Å². The van der Waals surface area contributed by atoms with Gasteiger partial charge < -0.3 is 0 Å². The van der Waals surface area contributed by atoms with Gasteiger partial charge in [-0.15, -0.1) is 0 Å². The van der Waals surface area contributed by atoms with E-state index < -0.39 is 0 Å². The molecule has 68 valence electrons. The molecule has 0 unspecified atom stereocenters. The van der Waals surface area contributed by atoms with Gasteiger partial charge in [0.2, 0.25) is 0 Å². The van der Waals surface area contributed by atoms with E-state index in [2.05, 4.69) is 59.4 Å². The molecule has 0 aromatic carbocycles. The van der Waals surface area contributed by atoms with Crippen LogP contribution < -0.4 is 0 Å². The van der Waals surface area contributed by atoms with Crippen molar-refractivity contribution in [1.29, 1.82) is 0 Å². The predicted octanol–water partition coefficient (Wildman–Crippen LogP) is 4.11. The Hall–Kier alpha value is -0.780. The molecule has 0 N–H and O–H groups in total. The minimum Gasteiger partial charge on any atom is -0.0953 e. The second kappa shape index (κ2) is 4.30. The van der Waals surface area contributed by atoms with Gasteiger partial charge in [0.05, 0.1) is 0 Å². The van der Waals surface area contributed by atoms with E-state index in [0.29, 0.717) is 0 Å². The molecule has 0 heterocycles. The Morgan fingerprint density at radius 2 is 1.67 bits per heavy atom. The molecule has 0 saturated carbocycles. The van der Waals surface area contributed by atoms with Gasteiger partial charge >= 0.3 is 0 Å². The molecular formula is C12H20. The summed E-state index contributed by atoms with van der Waals surface area (Å²) in [6, 6.07) is 0. The maximum atomic E-state index is 4.01. The van der Waals surface area contributed by atoms with Gasteiger partial charge in [-0.2, -0.15) is 0 Å². The fraction of sp³-hybridized carbons (Fsp3) is 0.500. The quantitative estimate of drug-likeness (QED) is 0.539. The highest BCUT2D eigenvalue weighted by atomic mass is 14.2. The van der Waals surface area contributed by atoms with Gasteiger partial charge in [-0.1, -0.05) is 51.2 Å². The second-order valence-corrected chi connectivity index (χ2v) is 4.38. The van der Waals surface area contributed by atoms with E-state index >= 15 is 0 Å². The van der Waals surface area contributed by atoms with Crippen molar-refractivity contribution in [2.45, 2.75) is 34.6 Å². The van der Waals surface area contributed by atoms with E-state index in [1.165, 1.54) is 11.1 Å². The minimum atomic E-state index is 0.186. The van der Waals surface area contributed by atoms with Gasteiger partial charge in [-0.25, -0.2) is 0 Å². The Bertz CT molecular complexity index is 205. The zero-order valence-corrected chi connectivity index (χ0v) is 8.94. The number of hydrogen-bond donors (Lipinski definition) is 0. The molecule has 0 rings (SSSR count). The molecule has 0 atom stereocenters. The first-order valence-corrected chi connectivity index (χ1v) is 4.35. The summed E-state index contributed by atoms with van der Waals surface area (Å²) in [4.78, 5) is 0. The summed E-state index contributed by atoms with van der Waals surface area (Å²) in [5.41, 5.74) is 2.67. The molecule has 0 aromatic rings. The highest BCUT2D eigenvalue weighted by Gasteiger charge is 2.10.